The first-order chi connectivity index (χ1) is 16.5. The summed E-state index contributed by atoms with van der Waals surface area (Å²) in [7, 11) is 0. The molecule has 2 amide bonds. The first-order valence-electron chi connectivity index (χ1n) is 11.8. The summed E-state index contributed by atoms with van der Waals surface area (Å²) >= 11 is 1.45. The van der Waals surface area contributed by atoms with Gasteiger partial charge >= 0.3 is 0 Å². The molecule has 0 unspecified atom stereocenters. The van der Waals surface area contributed by atoms with Gasteiger partial charge in [-0.2, -0.15) is 0 Å². The number of aryl methyl sites for hydroxylation is 1. The third-order valence-electron chi connectivity index (χ3n) is 6.53. The van der Waals surface area contributed by atoms with Crippen molar-refractivity contribution in [1.82, 2.24) is 4.90 Å². The maximum atomic E-state index is 13.2. The molecular weight excluding hydrogens is 440 g/mol. The Kier molecular flexibility index (Phi) is 6.54. The second-order valence-corrected chi connectivity index (χ2v) is 10.2. The quantitative estimate of drug-likeness (QED) is 0.466. The van der Waals surface area contributed by atoms with E-state index in [1.165, 1.54) is 17.3 Å². The predicted molar refractivity (Wildman–Crippen MR) is 139 cm³/mol. The average Bonchev–Trinajstić information content (AvgIpc) is 2.85. The number of piperidine rings is 1. The molecule has 2 heterocycles. The van der Waals surface area contributed by atoms with E-state index in [0.717, 1.165) is 48.4 Å². The Balaban J connectivity index is 1.24. The molecule has 0 spiro atoms. The van der Waals surface area contributed by atoms with Crippen LogP contribution in [0.25, 0.3) is 6.08 Å². The van der Waals surface area contributed by atoms with Crippen LogP contribution in [0.1, 0.15) is 39.9 Å². The van der Waals surface area contributed by atoms with E-state index in [0.29, 0.717) is 22.1 Å². The molecular formula is C29H28N2O2S. The summed E-state index contributed by atoms with van der Waals surface area (Å²) in [5.74, 6) is 0.524. The summed E-state index contributed by atoms with van der Waals surface area (Å²) in [6.07, 6.45) is 5.02. The molecule has 0 saturated carbocycles. The number of hydrogen-bond donors (Lipinski definition) is 1. The largest absolute Gasteiger partial charge is 0.339 e. The van der Waals surface area contributed by atoms with E-state index in [4.69, 9.17) is 0 Å². The van der Waals surface area contributed by atoms with Crippen molar-refractivity contribution in [3.8, 4) is 0 Å². The number of thioether (sulfide) groups is 1. The fraction of sp³-hybridized carbons (Fsp3) is 0.241. The third kappa shape index (κ3) is 5.10. The van der Waals surface area contributed by atoms with Crippen molar-refractivity contribution in [2.45, 2.75) is 31.1 Å². The normalized spacial score (nSPS) is 17.4. The van der Waals surface area contributed by atoms with Gasteiger partial charge in [-0.25, -0.2) is 0 Å². The topological polar surface area (TPSA) is 49.4 Å². The lowest BCUT2D eigenvalue weighted by Crippen LogP contribution is -2.39. The van der Waals surface area contributed by atoms with Gasteiger partial charge in [-0.3, -0.25) is 9.59 Å². The Hall–Kier alpha value is -3.31. The second kappa shape index (κ2) is 9.90. The van der Waals surface area contributed by atoms with Crippen molar-refractivity contribution >= 4 is 35.3 Å². The summed E-state index contributed by atoms with van der Waals surface area (Å²) < 4.78 is 0. The number of nitrogens with zero attached hydrogens (tertiary/aromatic N) is 1. The molecule has 2 aliphatic rings. The van der Waals surface area contributed by atoms with Gasteiger partial charge in [0, 0.05) is 23.5 Å². The van der Waals surface area contributed by atoms with Crippen LogP contribution in [0.15, 0.2) is 82.6 Å². The molecule has 1 N–H and O–H groups in total. The number of hydrogen-bond acceptors (Lipinski definition) is 3. The van der Waals surface area contributed by atoms with Gasteiger partial charge in [0.25, 0.3) is 11.8 Å². The second-order valence-electron chi connectivity index (χ2n) is 9.12. The molecule has 0 aliphatic carbocycles. The summed E-state index contributed by atoms with van der Waals surface area (Å²) in [5, 5.41) is 2.98. The first kappa shape index (κ1) is 22.5. The van der Waals surface area contributed by atoms with Gasteiger partial charge in [-0.15, -0.1) is 0 Å². The molecule has 0 bridgehead atoms. The van der Waals surface area contributed by atoms with Crippen molar-refractivity contribution in [2.24, 2.45) is 5.92 Å². The molecule has 0 radical (unpaired) electrons. The summed E-state index contributed by atoms with van der Waals surface area (Å²) in [6, 6.07) is 24.3. The van der Waals surface area contributed by atoms with Gasteiger partial charge in [0.15, 0.2) is 0 Å². The van der Waals surface area contributed by atoms with Crippen molar-refractivity contribution < 1.29 is 9.59 Å². The molecule has 4 nitrogen and oxygen atoms in total. The maximum Gasteiger partial charge on any atom is 0.262 e. The molecule has 1 fully saturated rings. The SMILES string of the molecule is Cc1cccc(/C=C2/Sc3ccc(C(=O)N4CCC(Cc5ccccc5)CC4)cc3NC2=O)c1. The number of nitrogens with one attached hydrogen (secondary N) is 1. The number of rotatable bonds is 4. The molecule has 0 aromatic heterocycles. The van der Waals surface area contributed by atoms with Crippen LogP contribution in [0.4, 0.5) is 5.69 Å². The highest BCUT2D eigenvalue weighted by molar-refractivity contribution is 8.04. The fourth-order valence-corrected chi connectivity index (χ4v) is 5.61. The molecule has 0 atom stereocenters. The lowest BCUT2D eigenvalue weighted by atomic mass is 9.90. The lowest BCUT2D eigenvalue weighted by Gasteiger charge is -2.32. The number of carbonyl (C=O) groups is 2. The van der Waals surface area contributed by atoms with Crippen LogP contribution in [0, 0.1) is 12.8 Å². The van der Waals surface area contributed by atoms with Crippen LogP contribution in [-0.4, -0.2) is 29.8 Å². The zero-order valence-electron chi connectivity index (χ0n) is 19.3. The Morgan fingerprint density at radius 3 is 2.59 bits per heavy atom. The molecule has 34 heavy (non-hydrogen) atoms. The van der Waals surface area contributed by atoms with Crippen molar-refractivity contribution in [3.63, 3.8) is 0 Å². The van der Waals surface area contributed by atoms with Crippen molar-refractivity contribution in [3.05, 3.63) is 100.0 Å². The van der Waals surface area contributed by atoms with Crippen molar-refractivity contribution in [1.29, 1.82) is 0 Å². The van der Waals surface area contributed by atoms with E-state index in [1.54, 1.807) is 0 Å². The minimum absolute atomic E-state index is 0.0429. The van der Waals surface area contributed by atoms with Crippen LogP contribution in [0.3, 0.4) is 0 Å². The number of carbonyl (C=O) groups excluding carboxylic acids is 2. The average molecular weight is 469 g/mol. The summed E-state index contributed by atoms with van der Waals surface area (Å²) in [6.45, 7) is 3.59. The first-order valence-corrected chi connectivity index (χ1v) is 12.6. The Morgan fingerprint density at radius 2 is 1.82 bits per heavy atom. The van der Waals surface area contributed by atoms with Gasteiger partial charge in [0.05, 0.1) is 10.6 Å². The molecule has 5 heteroatoms. The van der Waals surface area contributed by atoms with Crippen LogP contribution in [0.2, 0.25) is 0 Å². The summed E-state index contributed by atoms with van der Waals surface area (Å²) in [4.78, 5) is 29.4. The fourth-order valence-electron chi connectivity index (χ4n) is 4.67. The van der Waals surface area contributed by atoms with Gasteiger partial charge in [0.1, 0.15) is 0 Å². The predicted octanol–water partition coefficient (Wildman–Crippen LogP) is 6.18. The molecule has 3 aromatic rings. The zero-order valence-corrected chi connectivity index (χ0v) is 20.1. The number of benzene rings is 3. The standard InChI is InChI=1S/C29H28N2O2S/c1-20-6-5-9-23(16-20)18-27-28(32)30-25-19-24(10-11-26(25)34-27)29(33)31-14-12-22(13-15-31)17-21-7-3-2-4-8-21/h2-11,16,18-19,22H,12-15,17H2,1H3,(H,30,32)/b27-18+. The Bertz CT molecular complexity index is 1240. The zero-order chi connectivity index (χ0) is 23.5. The smallest absolute Gasteiger partial charge is 0.262 e. The monoisotopic (exact) mass is 468 g/mol. The van der Waals surface area contributed by atoms with E-state index in [2.05, 4.69) is 35.6 Å². The summed E-state index contributed by atoms with van der Waals surface area (Å²) in [5.41, 5.74) is 4.87. The van der Waals surface area contributed by atoms with Crippen LogP contribution < -0.4 is 5.32 Å². The van der Waals surface area contributed by atoms with E-state index < -0.39 is 0 Å². The van der Waals surface area contributed by atoms with E-state index in [-0.39, 0.29) is 11.8 Å². The Labute approximate surface area is 205 Å². The third-order valence-corrected chi connectivity index (χ3v) is 7.63. The highest BCUT2D eigenvalue weighted by atomic mass is 32.2. The van der Waals surface area contributed by atoms with Gasteiger partial charge < -0.3 is 10.2 Å². The number of fused-ring (bicyclic) bond motifs is 1. The highest BCUT2D eigenvalue weighted by Gasteiger charge is 2.26. The van der Waals surface area contributed by atoms with E-state index >= 15 is 0 Å². The maximum absolute atomic E-state index is 13.2. The van der Waals surface area contributed by atoms with Crippen LogP contribution in [0.5, 0.6) is 0 Å². The van der Waals surface area contributed by atoms with Gasteiger partial charge in [-0.05, 0) is 67.5 Å². The number of anilines is 1. The molecule has 1 saturated heterocycles. The van der Waals surface area contributed by atoms with Crippen LogP contribution >= 0.6 is 11.8 Å². The minimum Gasteiger partial charge on any atom is -0.339 e. The van der Waals surface area contributed by atoms with Gasteiger partial charge in [-0.1, -0.05) is 71.9 Å². The Morgan fingerprint density at radius 1 is 1.03 bits per heavy atom. The van der Waals surface area contributed by atoms with Crippen molar-refractivity contribution in [2.75, 3.05) is 18.4 Å². The molecule has 3 aromatic carbocycles. The van der Waals surface area contributed by atoms with Crippen LogP contribution in [-0.2, 0) is 11.2 Å². The molecule has 5 rings (SSSR count). The number of likely N-dealkylation sites (tertiary alicyclic amines) is 1. The highest BCUT2D eigenvalue weighted by Crippen LogP contribution is 2.39. The molecule has 2 aliphatic heterocycles. The van der Waals surface area contributed by atoms with Gasteiger partial charge in [0.2, 0.25) is 0 Å². The van der Waals surface area contributed by atoms with E-state index in [9.17, 15) is 9.59 Å². The lowest BCUT2D eigenvalue weighted by molar-refractivity contribution is -0.112. The molecule has 172 valence electrons. The van der Waals surface area contributed by atoms with E-state index in [1.807, 2.05) is 60.4 Å². The minimum atomic E-state index is -0.134. The number of amides is 2.